The molecule has 1 aromatic heterocycles. The van der Waals surface area contributed by atoms with Crippen molar-refractivity contribution in [1.82, 2.24) is 10.3 Å². The number of hydrogen-bond acceptors (Lipinski definition) is 6. The Balaban J connectivity index is 2.10. The molecule has 0 saturated heterocycles. The lowest BCUT2D eigenvalue weighted by atomic mass is 10.3. The van der Waals surface area contributed by atoms with Crippen molar-refractivity contribution < 1.29 is 0 Å². The third kappa shape index (κ3) is 2.62. The lowest BCUT2D eigenvalue weighted by Gasteiger charge is -1.98. The van der Waals surface area contributed by atoms with Crippen LogP contribution in [0.15, 0.2) is 16.6 Å². The zero-order chi connectivity index (χ0) is 11.4. The fourth-order valence-electron chi connectivity index (χ4n) is 1.18. The average molecular weight is 250 g/mol. The Morgan fingerprint density at radius 3 is 3.12 bits per heavy atom. The van der Waals surface area contributed by atoms with E-state index in [1.807, 2.05) is 12.3 Å². The van der Waals surface area contributed by atoms with Gasteiger partial charge < -0.3 is 5.32 Å². The van der Waals surface area contributed by atoms with E-state index in [0.29, 0.717) is 5.57 Å². The summed E-state index contributed by atoms with van der Waals surface area (Å²) in [5.74, 6) is 1.01. The molecule has 0 aliphatic carbocycles. The van der Waals surface area contributed by atoms with E-state index >= 15 is 0 Å². The number of thioether (sulfide) groups is 1. The van der Waals surface area contributed by atoms with Crippen molar-refractivity contribution in [1.29, 1.82) is 5.26 Å². The van der Waals surface area contributed by atoms with Crippen LogP contribution < -0.4 is 5.32 Å². The summed E-state index contributed by atoms with van der Waals surface area (Å²) in [5, 5.41) is 15.6. The number of hydrogen-bond donors (Lipinski definition) is 1. The van der Waals surface area contributed by atoms with Crippen LogP contribution in [-0.2, 0) is 0 Å². The molecule has 2 heterocycles. The Labute approximate surface area is 102 Å². The molecule has 6 heteroatoms. The van der Waals surface area contributed by atoms with E-state index in [0.717, 1.165) is 28.2 Å². The normalized spacial score (nSPS) is 15.8. The summed E-state index contributed by atoms with van der Waals surface area (Å²) < 4.78 is 0. The van der Waals surface area contributed by atoms with Crippen molar-refractivity contribution in [2.24, 2.45) is 4.99 Å². The van der Waals surface area contributed by atoms with Gasteiger partial charge in [0.15, 0.2) is 5.17 Å². The van der Waals surface area contributed by atoms with Gasteiger partial charge in [-0.15, -0.1) is 11.3 Å². The van der Waals surface area contributed by atoms with Gasteiger partial charge in [-0.2, -0.15) is 5.26 Å². The third-order valence-corrected chi connectivity index (χ3v) is 3.80. The van der Waals surface area contributed by atoms with Gasteiger partial charge in [-0.3, -0.25) is 4.99 Å². The highest BCUT2D eigenvalue weighted by molar-refractivity contribution is 8.14. The van der Waals surface area contributed by atoms with Crippen molar-refractivity contribution in [3.05, 3.63) is 22.3 Å². The van der Waals surface area contributed by atoms with Crippen molar-refractivity contribution in [2.75, 3.05) is 12.3 Å². The number of nitrogens with one attached hydrogen (secondary N) is 1. The lowest BCUT2D eigenvalue weighted by molar-refractivity contribution is 1.15. The van der Waals surface area contributed by atoms with Crippen LogP contribution in [-0.4, -0.2) is 22.4 Å². The first kappa shape index (κ1) is 11.2. The predicted molar refractivity (Wildman–Crippen MR) is 68.3 cm³/mol. The van der Waals surface area contributed by atoms with Crippen LogP contribution >= 0.6 is 23.1 Å². The third-order valence-electron chi connectivity index (χ3n) is 1.90. The highest BCUT2D eigenvalue weighted by atomic mass is 32.2. The number of aromatic nitrogens is 1. The van der Waals surface area contributed by atoms with Gasteiger partial charge >= 0.3 is 0 Å². The fourth-order valence-corrected chi connectivity index (χ4v) is 2.64. The first-order chi connectivity index (χ1) is 7.79. The Hall–Kier alpha value is -1.32. The molecule has 2 rings (SSSR count). The zero-order valence-electron chi connectivity index (χ0n) is 8.73. The van der Waals surface area contributed by atoms with E-state index in [1.165, 1.54) is 11.3 Å². The molecule has 0 fully saturated rings. The van der Waals surface area contributed by atoms with Crippen LogP contribution in [0.25, 0.3) is 5.57 Å². The van der Waals surface area contributed by atoms with E-state index < -0.39 is 0 Å². The number of nitriles is 1. The fraction of sp³-hybridized carbons (Fsp3) is 0.300. The molecule has 1 aliphatic heterocycles. The van der Waals surface area contributed by atoms with Crippen LogP contribution in [0.3, 0.4) is 0 Å². The molecule has 0 amide bonds. The maximum absolute atomic E-state index is 9.02. The Morgan fingerprint density at radius 1 is 1.69 bits per heavy atom. The topological polar surface area (TPSA) is 61.1 Å². The Kier molecular flexibility index (Phi) is 3.59. The molecule has 0 unspecified atom stereocenters. The Morgan fingerprint density at radius 2 is 2.56 bits per heavy atom. The number of amidine groups is 1. The van der Waals surface area contributed by atoms with Crippen LogP contribution in [0.2, 0.25) is 0 Å². The summed E-state index contributed by atoms with van der Waals surface area (Å²) in [6, 6.07) is 2.14. The minimum absolute atomic E-state index is 0.549. The van der Waals surface area contributed by atoms with Crippen molar-refractivity contribution in [3.63, 3.8) is 0 Å². The van der Waals surface area contributed by atoms with Crippen LogP contribution in [0.5, 0.6) is 0 Å². The standard InChI is InChI=1S/C10H10N4S2/c1-7-6-16-9(14-7)8(4-11)5-13-10-12-2-3-15-10/h5-6H,2-3H2,1H3,(H,12,13)/b8-5+. The molecular weight excluding hydrogens is 240 g/mol. The molecule has 16 heavy (non-hydrogen) atoms. The molecule has 0 atom stereocenters. The summed E-state index contributed by atoms with van der Waals surface area (Å²) >= 11 is 3.14. The summed E-state index contributed by atoms with van der Waals surface area (Å²) in [6.45, 7) is 2.76. The summed E-state index contributed by atoms with van der Waals surface area (Å²) in [6.07, 6.45) is 1.68. The zero-order valence-corrected chi connectivity index (χ0v) is 10.4. The minimum atomic E-state index is 0.549. The van der Waals surface area contributed by atoms with E-state index in [4.69, 9.17) is 5.26 Å². The number of aliphatic imine (C=N–C) groups is 1. The van der Waals surface area contributed by atoms with Gasteiger partial charge in [-0.05, 0) is 6.92 Å². The second kappa shape index (κ2) is 5.14. The highest BCUT2D eigenvalue weighted by Crippen LogP contribution is 2.18. The van der Waals surface area contributed by atoms with E-state index in [1.54, 1.807) is 18.0 Å². The number of rotatable bonds is 2. The van der Waals surface area contributed by atoms with E-state index in [9.17, 15) is 0 Å². The van der Waals surface area contributed by atoms with Crippen molar-refractivity contribution in [3.8, 4) is 6.07 Å². The van der Waals surface area contributed by atoms with E-state index in [-0.39, 0.29) is 0 Å². The van der Waals surface area contributed by atoms with Crippen LogP contribution in [0, 0.1) is 18.3 Å². The molecule has 0 aromatic carbocycles. The molecule has 1 aliphatic rings. The molecule has 1 N–H and O–H groups in total. The summed E-state index contributed by atoms with van der Waals surface area (Å²) in [5.41, 5.74) is 1.49. The van der Waals surface area contributed by atoms with Gasteiger partial charge in [-0.25, -0.2) is 4.98 Å². The highest BCUT2D eigenvalue weighted by Gasteiger charge is 2.08. The molecule has 1 aromatic rings. The largest absolute Gasteiger partial charge is 0.340 e. The van der Waals surface area contributed by atoms with Gasteiger partial charge in [0, 0.05) is 23.0 Å². The minimum Gasteiger partial charge on any atom is -0.340 e. The van der Waals surface area contributed by atoms with E-state index in [2.05, 4.69) is 21.4 Å². The number of allylic oxidation sites excluding steroid dienone is 1. The number of aryl methyl sites for hydroxylation is 1. The number of thiazole rings is 1. The first-order valence-corrected chi connectivity index (χ1v) is 6.62. The molecule has 0 radical (unpaired) electrons. The maximum Gasteiger partial charge on any atom is 0.160 e. The molecule has 0 saturated carbocycles. The number of nitrogens with zero attached hydrogens (tertiary/aromatic N) is 3. The van der Waals surface area contributed by atoms with Gasteiger partial charge in [0.2, 0.25) is 0 Å². The molecule has 82 valence electrons. The molecule has 4 nitrogen and oxygen atoms in total. The van der Waals surface area contributed by atoms with Gasteiger partial charge in [0.25, 0.3) is 0 Å². The first-order valence-electron chi connectivity index (χ1n) is 4.76. The summed E-state index contributed by atoms with van der Waals surface area (Å²) in [4.78, 5) is 8.51. The van der Waals surface area contributed by atoms with Crippen molar-refractivity contribution in [2.45, 2.75) is 6.92 Å². The maximum atomic E-state index is 9.02. The van der Waals surface area contributed by atoms with Gasteiger partial charge in [-0.1, -0.05) is 11.8 Å². The predicted octanol–water partition coefficient (Wildman–Crippen LogP) is 2.01. The quantitative estimate of drug-likeness (QED) is 0.816. The molecular formula is C10H10N4S2. The second-order valence-electron chi connectivity index (χ2n) is 3.14. The van der Waals surface area contributed by atoms with Gasteiger partial charge in [0.1, 0.15) is 16.6 Å². The monoisotopic (exact) mass is 250 g/mol. The van der Waals surface area contributed by atoms with Crippen molar-refractivity contribution >= 4 is 33.8 Å². The summed E-state index contributed by atoms with van der Waals surface area (Å²) in [7, 11) is 0. The second-order valence-corrected chi connectivity index (χ2v) is 5.09. The Bertz CT molecular complexity index is 481. The lowest BCUT2D eigenvalue weighted by Crippen LogP contribution is -2.11. The molecule has 0 bridgehead atoms. The average Bonchev–Trinajstić information content (AvgIpc) is 2.91. The van der Waals surface area contributed by atoms with Crippen LogP contribution in [0.4, 0.5) is 0 Å². The van der Waals surface area contributed by atoms with Crippen LogP contribution in [0.1, 0.15) is 10.7 Å². The SMILES string of the molecule is Cc1csc(/C(C#N)=C/NC2=NCCS2)n1. The smallest absolute Gasteiger partial charge is 0.160 e. The molecule has 0 spiro atoms. The van der Waals surface area contributed by atoms with Gasteiger partial charge in [0.05, 0.1) is 6.54 Å².